The number of amides is 2. The van der Waals surface area contributed by atoms with E-state index in [-0.39, 0.29) is 24.0 Å². The SMILES string of the molecule is CC(C)Oc1ccccc1NC(=O)c1cccc(C(=O)NC2CCCCC2)c1. The number of nitrogens with one attached hydrogen (secondary N) is 2. The summed E-state index contributed by atoms with van der Waals surface area (Å²) in [5, 5.41) is 5.98. The number of hydrogen-bond acceptors (Lipinski definition) is 3. The van der Waals surface area contributed by atoms with Crippen molar-refractivity contribution in [2.45, 2.75) is 58.1 Å². The number of ether oxygens (including phenoxy) is 1. The first-order valence-corrected chi connectivity index (χ1v) is 10.0. The zero-order chi connectivity index (χ0) is 19.9. The van der Waals surface area contributed by atoms with E-state index >= 15 is 0 Å². The van der Waals surface area contributed by atoms with Crippen LogP contribution >= 0.6 is 0 Å². The molecule has 1 aliphatic rings. The molecule has 0 bridgehead atoms. The Kier molecular flexibility index (Phi) is 6.69. The van der Waals surface area contributed by atoms with Crippen molar-refractivity contribution in [1.82, 2.24) is 5.32 Å². The maximum Gasteiger partial charge on any atom is 0.255 e. The van der Waals surface area contributed by atoms with Crippen LogP contribution in [0.5, 0.6) is 5.75 Å². The number of rotatable bonds is 6. The molecule has 0 spiro atoms. The lowest BCUT2D eigenvalue weighted by molar-refractivity contribution is 0.0927. The Bertz CT molecular complexity index is 826. The summed E-state index contributed by atoms with van der Waals surface area (Å²) in [6, 6.07) is 14.4. The number of carbonyl (C=O) groups is 2. The fraction of sp³-hybridized carbons (Fsp3) is 0.391. The molecule has 5 nitrogen and oxygen atoms in total. The van der Waals surface area contributed by atoms with Gasteiger partial charge in [0.25, 0.3) is 11.8 Å². The van der Waals surface area contributed by atoms with E-state index < -0.39 is 0 Å². The molecule has 3 rings (SSSR count). The van der Waals surface area contributed by atoms with Crippen LogP contribution in [0.4, 0.5) is 5.69 Å². The van der Waals surface area contributed by atoms with E-state index in [1.54, 1.807) is 30.3 Å². The Morgan fingerprint density at radius 2 is 1.61 bits per heavy atom. The van der Waals surface area contributed by atoms with Gasteiger partial charge in [0, 0.05) is 17.2 Å². The largest absolute Gasteiger partial charge is 0.489 e. The molecular formula is C23H28N2O3. The second-order valence-electron chi connectivity index (χ2n) is 7.51. The van der Waals surface area contributed by atoms with E-state index in [0.29, 0.717) is 22.6 Å². The molecule has 0 heterocycles. The van der Waals surface area contributed by atoms with Gasteiger partial charge in [0.05, 0.1) is 11.8 Å². The summed E-state index contributed by atoms with van der Waals surface area (Å²) in [6.45, 7) is 3.88. The van der Waals surface area contributed by atoms with Gasteiger partial charge in [0.2, 0.25) is 0 Å². The minimum absolute atomic E-state index is 0.00450. The molecule has 0 atom stereocenters. The average molecular weight is 380 g/mol. The monoisotopic (exact) mass is 380 g/mol. The van der Waals surface area contributed by atoms with Crippen LogP contribution in [0.25, 0.3) is 0 Å². The van der Waals surface area contributed by atoms with Crippen molar-refractivity contribution in [3.05, 3.63) is 59.7 Å². The minimum Gasteiger partial charge on any atom is -0.489 e. The van der Waals surface area contributed by atoms with Crippen molar-refractivity contribution in [2.75, 3.05) is 5.32 Å². The van der Waals surface area contributed by atoms with Gasteiger partial charge in [-0.3, -0.25) is 9.59 Å². The van der Waals surface area contributed by atoms with E-state index in [2.05, 4.69) is 10.6 Å². The van der Waals surface area contributed by atoms with Gasteiger partial charge in [-0.15, -0.1) is 0 Å². The van der Waals surface area contributed by atoms with Crippen LogP contribution in [-0.4, -0.2) is 24.0 Å². The lowest BCUT2D eigenvalue weighted by Crippen LogP contribution is -2.36. The number of anilines is 1. The van der Waals surface area contributed by atoms with Crippen molar-refractivity contribution < 1.29 is 14.3 Å². The first-order valence-electron chi connectivity index (χ1n) is 10.0. The van der Waals surface area contributed by atoms with E-state index in [0.717, 1.165) is 25.7 Å². The molecule has 1 aliphatic carbocycles. The van der Waals surface area contributed by atoms with Gasteiger partial charge in [0.1, 0.15) is 5.75 Å². The summed E-state index contributed by atoms with van der Waals surface area (Å²) in [4.78, 5) is 25.3. The highest BCUT2D eigenvalue weighted by molar-refractivity contribution is 6.06. The Hall–Kier alpha value is -2.82. The van der Waals surface area contributed by atoms with E-state index in [4.69, 9.17) is 4.74 Å². The molecule has 0 unspecified atom stereocenters. The molecule has 1 fully saturated rings. The molecule has 2 N–H and O–H groups in total. The third-order valence-corrected chi connectivity index (χ3v) is 4.83. The predicted molar refractivity (Wildman–Crippen MR) is 111 cm³/mol. The van der Waals surface area contributed by atoms with Crippen molar-refractivity contribution >= 4 is 17.5 Å². The zero-order valence-electron chi connectivity index (χ0n) is 16.5. The fourth-order valence-electron chi connectivity index (χ4n) is 3.44. The predicted octanol–water partition coefficient (Wildman–Crippen LogP) is 4.79. The van der Waals surface area contributed by atoms with Crippen LogP contribution in [0.3, 0.4) is 0 Å². The van der Waals surface area contributed by atoms with E-state index in [9.17, 15) is 9.59 Å². The lowest BCUT2D eigenvalue weighted by atomic mass is 9.95. The Morgan fingerprint density at radius 1 is 0.929 bits per heavy atom. The van der Waals surface area contributed by atoms with Crippen LogP contribution in [0.1, 0.15) is 66.7 Å². The molecule has 1 saturated carbocycles. The molecule has 5 heteroatoms. The summed E-state index contributed by atoms with van der Waals surface area (Å²) >= 11 is 0. The molecular weight excluding hydrogens is 352 g/mol. The number of para-hydroxylation sites is 2. The van der Waals surface area contributed by atoms with Gasteiger partial charge < -0.3 is 15.4 Å². The number of carbonyl (C=O) groups excluding carboxylic acids is 2. The highest BCUT2D eigenvalue weighted by Crippen LogP contribution is 2.25. The van der Waals surface area contributed by atoms with Gasteiger partial charge in [-0.25, -0.2) is 0 Å². The fourth-order valence-corrected chi connectivity index (χ4v) is 3.44. The minimum atomic E-state index is -0.271. The molecule has 0 aromatic heterocycles. The van der Waals surface area contributed by atoms with Gasteiger partial charge in [-0.1, -0.05) is 37.5 Å². The maximum atomic E-state index is 12.7. The summed E-state index contributed by atoms with van der Waals surface area (Å²) in [6.07, 6.45) is 5.61. The molecule has 0 radical (unpaired) electrons. The van der Waals surface area contributed by atoms with Crippen LogP contribution in [0.2, 0.25) is 0 Å². The standard InChI is InChI=1S/C23H28N2O3/c1-16(2)28-21-14-7-6-13-20(21)25-23(27)18-10-8-9-17(15-18)22(26)24-19-11-4-3-5-12-19/h6-10,13-16,19H,3-5,11-12H2,1-2H3,(H,24,26)(H,25,27). The molecule has 148 valence electrons. The third-order valence-electron chi connectivity index (χ3n) is 4.83. The second kappa shape index (κ2) is 9.40. The smallest absolute Gasteiger partial charge is 0.255 e. The normalized spacial score (nSPS) is 14.5. The molecule has 0 aliphatic heterocycles. The topological polar surface area (TPSA) is 67.4 Å². The van der Waals surface area contributed by atoms with Gasteiger partial charge >= 0.3 is 0 Å². The van der Waals surface area contributed by atoms with Crippen LogP contribution in [0, 0.1) is 0 Å². The summed E-state index contributed by atoms with van der Waals surface area (Å²) in [5.41, 5.74) is 1.55. The van der Waals surface area contributed by atoms with Crippen molar-refractivity contribution in [3.8, 4) is 5.75 Å². The van der Waals surface area contributed by atoms with E-state index in [1.807, 2.05) is 32.0 Å². The molecule has 2 aromatic carbocycles. The van der Waals surface area contributed by atoms with Crippen molar-refractivity contribution in [2.24, 2.45) is 0 Å². The molecule has 0 saturated heterocycles. The number of hydrogen-bond donors (Lipinski definition) is 2. The Morgan fingerprint density at radius 3 is 2.32 bits per heavy atom. The summed E-state index contributed by atoms with van der Waals surface area (Å²) in [7, 11) is 0. The van der Waals surface area contributed by atoms with Crippen LogP contribution in [0.15, 0.2) is 48.5 Å². The van der Waals surface area contributed by atoms with Crippen molar-refractivity contribution in [3.63, 3.8) is 0 Å². The molecule has 28 heavy (non-hydrogen) atoms. The quantitative estimate of drug-likeness (QED) is 0.757. The van der Waals surface area contributed by atoms with Crippen LogP contribution < -0.4 is 15.4 Å². The first-order chi connectivity index (χ1) is 13.5. The lowest BCUT2D eigenvalue weighted by Gasteiger charge is -2.22. The summed E-state index contributed by atoms with van der Waals surface area (Å²) < 4.78 is 5.75. The highest BCUT2D eigenvalue weighted by atomic mass is 16.5. The number of benzene rings is 2. The van der Waals surface area contributed by atoms with Gasteiger partial charge in [0.15, 0.2) is 0 Å². The average Bonchev–Trinajstić information content (AvgIpc) is 2.70. The van der Waals surface area contributed by atoms with Gasteiger partial charge in [-0.2, -0.15) is 0 Å². The third kappa shape index (κ3) is 5.35. The van der Waals surface area contributed by atoms with Crippen LogP contribution in [-0.2, 0) is 0 Å². The molecule has 2 aromatic rings. The highest BCUT2D eigenvalue weighted by Gasteiger charge is 2.18. The Balaban J connectivity index is 1.69. The van der Waals surface area contributed by atoms with Crippen molar-refractivity contribution in [1.29, 1.82) is 0 Å². The Labute approximate surface area is 166 Å². The first kappa shape index (κ1) is 19.9. The van der Waals surface area contributed by atoms with Gasteiger partial charge in [-0.05, 0) is 57.0 Å². The van der Waals surface area contributed by atoms with E-state index in [1.165, 1.54) is 6.42 Å². The zero-order valence-corrected chi connectivity index (χ0v) is 16.5. The molecule has 2 amide bonds. The summed E-state index contributed by atoms with van der Waals surface area (Å²) in [5.74, 6) is 0.231. The second-order valence-corrected chi connectivity index (χ2v) is 7.51. The maximum absolute atomic E-state index is 12.7.